The number of thiophene rings is 1. The van der Waals surface area contributed by atoms with Crippen LogP contribution in [-0.4, -0.2) is 9.97 Å². The molecule has 1 aliphatic carbocycles. The van der Waals surface area contributed by atoms with E-state index in [2.05, 4.69) is 23.8 Å². The fourth-order valence-electron chi connectivity index (χ4n) is 2.29. The van der Waals surface area contributed by atoms with E-state index in [1.54, 1.807) is 11.3 Å². The van der Waals surface area contributed by atoms with Crippen LogP contribution in [0.4, 0.5) is 0 Å². The molecule has 0 bridgehead atoms. The lowest BCUT2D eigenvalue weighted by molar-refractivity contribution is 0.309. The van der Waals surface area contributed by atoms with Gasteiger partial charge in [-0.1, -0.05) is 30.9 Å². The zero-order valence-corrected chi connectivity index (χ0v) is 11.7. The topological polar surface area (TPSA) is 25.8 Å². The quantitative estimate of drug-likeness (QED) is 0.757. The highest BCUT2D eigenvalue weighted by atomic mass is 35.5. The third-order valence-corrected chi connectivity index (χ3v) is 5.10. The van der Waals surface area contributed by atoms with Crippen molar-refractivity contribution < 1.29 is 0 Å². The Kier molecular flexibility index (Phi) is 2.83. The van der Waals surface area contributed by atoms with Gasteiger partial charge in [-0.25, -0.2) is 9.97 Å². The highest BCUT2D eigenvalue weighted by Crippen LogP contribution is 2.34. The molecule has 0 aromatic carbocycles. The number of halogens is 1. The molecular formula is C13H15ClN2S. The second-order valence-corrected chi connectivity index (χ2v) is 6.46. The average Bonchev–Trinajstić information content (AvgIpc) is 2.49. The number of aryl methyl sites for hydroxylation is 2. The number of nitrogens with zero attached hydrogens (tertiary/aromatic N) is 2. The third kappa shape index (κ3) is 1.95. The van der Waals surface area contributed by atoms with Gasteiger partial charge in [0.1, 0.15) is 15.8 Å². The summed E-state index contributed by atoms with van der Waals surface area (Å²) in [7, 11) is 0. The molecule has 0 unspecified atom stereocenters. The summed E-state index contributed by atoms with van der Waals surface area (Å²) in [5.74, 6) is 1.71. The van der Waals surface area contributed by atoms with E-state index in [1.165, 1.54) is 29.7 Å². The van der Waals surface area contributed by atoms with Gasteiger partial charge in [-0.05, 0) is 25.3 Å². The van der Waals surface area contributed by atoms with E-state index in [0.29, 0.717) is 5.15 Å². The van der Waals surface area contributed by atoms with E-state index in [1.807, 2.05) is 0 Å². The molecule has 0 aliphatic heterocycles. The van der Waals surface area contributed by atoms with Crippen molar-refractivity contribution in [1.82, 2.24) is 9.97 Å². The summed E-state index contributed by atoms with van der Waals surface area (Å²) in [4.78, 5) is 11.5. The Morgan fingerprint density at radius 2 is 2.06 bits per heavy atom. The summed E-state index contributed by atoms with van der Waals surface area (Å²) in [5, 5.41) is 1.68. The van der Waals surface area contributed by atoms with Gasteiger partial charge in [0.25, 0.3) is 0 Å². The third-order valence-electron chi connectivity index (χ3n) is 3.73. The fourth-order valence-corrected chi connectivity index (χ4v) is 3.72. The maximum absolute atomic E-state index is 6.28. The minimum Gasteiger partial charge on any atom is -0.222 e. The van der Waals surface area contributed by atoms with Crippen LogP contribution >= 0.6 is 22.9 Å². The number of hydrogen-bond acceptors (Lipinski definition) is 3. The van der Waals surface area contributed by atoms with E-state index in [4.69, 9.17) is 11.6 Å². The van der Waals surface area contributed by atoms with Crippen LogP contribution in [0.3, 0.4) is 0 Å². The van der Waals surface area contributed by atoms with Crippen molar-refractivity contribution in [3.8, 4) is 0 Å². The summed E-state index contributed by atoms with van der Waals surface area (Å²) in [6, 6.07) is 0. The Morgan fingerprint density at radius 1 is 1.29 bits per heavy atom. The van der Waals surface area contributed by atoms with E-state index in [0.717, 1.165) is 28.4 Å². The molecule has 3 rings (SSSR count). The molecule has 2 nitrogen and oxygen atoms in total. The number of fused-ring (bicyclic) bond motifs is 1. The van der Waals surface area contributed by atoms with Gasteiger partial charge >= 0.3 is 0 Å². The molecule has 1 fully saturated rings. The minimum absolute atomic E-state index is 0.631. The van der Waals surface area contributed by atoms with Gasteiger partial charge in [-0.15, -0.1) is 11.3 Å². The summed E-state index contributed by atoms with van der Waals surface area (Å²) in [6.45, 7) is 4.21. The van der Waals surface area contributed by atoms with E-state index in [-0.39, 0.29) is 0 Å². The van der Waals surface area contributed by atoms with Crippen molar-refractivity contribution in [2.24, 2.45) is 5.92 Å². The largest absolute Gasteiger partial charge is 0.222 e. The Bertz CT molecular complexity index is 572. The number of rotatable bonds is 2. The molecule has 4 heteroatoms. The Hall–Kier alpha value is -0.670. The fraction of sp³-hybridized carbons (Fsp3) is 0.538. The molecule has 0 atom stereocenters. The molecule has 2 aromatic rings. The van der Waals surface area contributed by atoms with Crippen LogP contribution in [0.1, 0.15) is 35.5 Å². The van der Waals surface area contributed by atoms with Crippen molar-refractivity contribution in [1.29, 1.82) is 0 Å². The van der Waals surface area contributed by atoms with Crippen LogP contribution in [0.2, 0.25) is 5.15 Å². The van der Waals surface area contributed by atoms with Crippen LogP contribution in [0.25, 0.3) is 10.2 Å². The number of hydrogen-bond donors (Lipinski definition) is 0. The van der Waals surface area contributed by atoms with E-state index < -0.39 is 0 Å². The average molecular weight is 267 g/mol. The summed E-state index contributed by atoms with van der Waals surface area (Å²) >= 11 is 8.01. The first-order chi connectivity index (χ1) is 8.15. The lowest BCUT2D eigenvalue weighted by Crippen LogP contribution is -2.15. The first kappa shape index (κ1) is 11.4. The lowest BCUT2D eigenvalue weighted by atomic mass is 9.83. The molecule has 1 saturated carbocycles. The van der Waals surface area contributed by atoms with Gasteiger partial charge in [-0.3, -0.25) is 0 Å². The highest BCUT2D eigenvalue weighted by molar-refractivity contribution is 7.18. The Morgan fingerprint density at radius 3 is 2.71 bits per heavy atom. The predicted molar refractivity (Wildman–Crippen MR) is 72.9 cm³/mol. The standard InChI is InChI=1S/C13H15ClN2S/c1-7-8(2)17-13-11(7)12(14)15-10(16-13)6-9-4-3-5-9/h9H,3-6H2,1-2H3. The first-order valence-electron chi connectivity index (χ1n) is 6.07. The van der Waals surface area contributed by atoms with Gasteiger partial charge in [0.05, 0.1) is 5.39 Å². The molecular weight excluding hydrogens is 252 g/mol. The molecule has 1 aliphatic rings. The SMILES string of the molecule is Cc1sc2nc(CC3CCC3)nc(Cl)c2c1C. The van der Waals surface area contributed by atoms with Crippen molar-refractivity contribution >= 4 is 33.2 Å². The van der Waals surface area contributed by atoms with Gasteiger partial charge in [0, 0.05) is 11.3 Å². The second kappa shape index (κ2) is 4.21. The molecule has 0 radical (unpaired) electrons. The Balaban J connectivity index is 2.04. The molecule has 2 aromatic heterocycles. The summed E-state index contributed by atoms with van der Waals surface area (Å²) in [6.07, 6.45) is 4.99. The lowest BCUT2D eigenvalue weighted by Gasteiger charge is -2.24. The van der Waals surface area contributed by atoms with Crippen molar-refractivity contribution in [2.75, 3.05) is 0 Å². The molecule has 0 amide bonds. The molecule has 0 N–H and O–H groups in total. The normalized spacial score (nSPS) is 16.4. The minimum atomic E-state index is 0.631. The highest BCUT2D eigenvalue weighted by Gasteiger charge is 2.20. The van der Waals surface area contributed by atoms with Crippen LogP contribution < -0.4 is 0 Å². The maximum Gasteiger partial charge on any atom is 0.141 e. The zero-order chi connectivity index (χ0) is 12.0. The van der Waals surface area contributed by atoms with Crippen molar-refractivity contribution in [3.05, 3.63) is 21.4 Å². The predicted octanol–water partition coefficient (Wildman–Crippen LogP) is 4.30. The van der Waals surface area contributed by atoms with Gasteiger partial charge in [0.15, 0.2) is 0 Å². The summed E-state index contributed by atoms with van der Waals surface area (Å²) < 4.78 is 0. The molecule has 0 saturated heterocycles. The molecule has 0 spiro atoms. The smallest absolute Gasteiger partial charge is 0.141 e. The van der Waals surface area contributed by atoms with Gasteiger partial charge in [-0.2, -0.15) is 0 Å². The molecule has 17 heavy (non-hydrogen) atoms. The van der Waals surface area contributed by atoms with Crippen LogP contribution in [0, 0.1) is 19.8 Å². The van der Waals surface area contributed by atoms with E-state index in [9.17, 15) is 0 Å². The zero-order valence-electron chi connectivity index (χ0n) is 10.1. The van der Waals surface area contributed by atoms with Gasteiger partial charge < -0.3 is 0 Å². The van der Waals surface area contributed by atoms with Crippen LogP contribution in [0.5, 0.6) is 0 Å². The first-order valence-corrected chi connectivity index (χ1v) is 7.26. The Labute approximate surface area is 110 Å². The monoisotopic (exact) mass is 266 g/mol. The van der Waals surface area contributed by atoms with Crippen LogP contribution in [-0.2, 0) is 6.42 Å². The summed E-state index contributed by atoms with van der Waals surface area (Å²) in [5.41, 5.74) is 1.23. The molecule has 2 heterocycles. The maximum atomic E-state index is 6.28. The number of aromatic nitrogens is 2. The van der Waals surface area contributed by atoms with Crippen molar-refractivity contribution in [3.63, 3.8) is 0 Å². The van der Waals surface area contributed by atoms with Crippen molar-refractivity contribution in [2.45, 2.75) is 39.5 Å². The van der Waals surface area contributed by atoms with E-state index >= 15 is 0 Å². The van der Waals surface area contributed by atoms with Crippen LogP contribution in [0.15, 0.2) is 0 Å². The molecule has 90 valence electrons. The second-order valence-electron chi connectivity index (χ2n) is 4.90. The van der Waals surface area contributed by atoms with Gasteiger partial charge in [0.2, 0.25) is 0 Å².